The van der Waals surface area contributed by atoms with Crippen LogP contribution < -0.4 is 5.56 Å². The zero-order valence-electron chi connectivity index (χ0n) is 14.6. The summed E-state index contributed by atoms with van der Waals surface area (Å²) < 4.78 is 1.72. The first-order valence-corrected chi connectivity index (χ1v) is 9.35. The maximum Gasteiger partial charge on any atom is 0.267 e. The van der Waals surface area contributed by atoms with Crippen molar-refractivity contribution in [3.63, 3.8) is 0 Å². The summed E-state index contributed by atoms with van der Waals surface area (Å²) in [7, 11) is 0. The largest absolute Gasteiger partial charge is 0.297 e. The average Bonchev–Trinajstić information content (AvgIpc) is 2.65. The third-order valence-electron chi connectivity index (χ3n) is 5.44. The average molecular weight is 339 g/mol. The SMILES string of the molecule is O=c1cc2c(nn1CC1CCN(Cc3ccncn3)CC1)CCCC2. The fourth-order valence-electron chi connectivity index (χ4n) is 3.94. The molecule has 132 valence electrons. The van der Waals surface area contributed by atoms with Crippen molar-refractivity contribution in [2.24, 2.45) is 5.92 Å². The molecule has 4 rings (SSSR count). The second-order valence-corrected chi connectivity index (χ2v) is 7.26. The van der Waals surface area contributed by atoms with Gasteiger partial charge in [0, 0.05) is 25.4 Å². The lowest BCUT2D eigenvalue weighted by Crippen LogP contribution is -2.37. The summed E-state index contributed by atoms with van der Waals surface area (Å²) in [4.78, 5) is 23.0. The Morgan fingerprint density at radius 1 is 1.16 bits per heavy atom. The number of likely N-dealkylation sites (tertiary alicyclic amines) is 1. The lowest BCUT2D eigenvalue weighted by atomic mass is 9.95. The molecule has 0 N–H and O–H groups in total. The van der Waals surface area contributed by atoms with Gasteiger partial charge in [0.1, 0.15) is 6.33 Å². The van der Waals surface area contributed by atoms with Gasteiger partial charge in [-0.1, -0.05) is 0 Å². The van der Waals surface area contributed by atoms with Crippen molar-refractivity contribution < 1.29 is 0 Å². The van der Waals surface area contributed by atoms with Gasteiger partial charge in [-0.2, -0.15) is 5.10 Å². The van der Waals surface area contributed by atoms with Gasteiger partial charge in [-0.05, 0) is 69.2 Å². The van der Waals surface area contributed by atoms with Gasteiger partial charge in [-0.15, -0.1) is 0 Å². The Kier molecular flexibility index (Phi) is 4.88. The van der Waals surface area contributed by atoms with E-state index in [2.05, 4.69) is 20.0 Å². The molecule has 6 heteroatoms. The summed E-state index contributed by atoms with van der Waals surface area (Å²) in [6.07, 6.45) is 10.0. The van der Waals surface area contributed by atoms with E-state index in [1.807, 2.05) is 12.1 Å². The molecule has 0 aromatic carbocycles. The highest BCUT2D eigenvalue weighted by Crippen LogP contribution is 2.21. The number of hydrogen-bond acceptors (Lipinski definition) is 5. The fraction of sp³-hybridized carbons (Fsp3) is 0.579. The molecule has 1 aliphatic heterocycles. The topological polar surface area (TPSA) is 63.9 Å². The maximum absolute atomic E-state index is 12.3. The minimum absolute atomic E-state index is 0.0732. The van der Waals surface area contributed by atoms with E-state index in [1.54, 1.807) is 17.2 Å². The summed E-state index contributed by atoms with van der Waals surface area (Å²) in [5, 5.41) is 4.67. The van der Waals surface area contributed by atoms with Crippen LogP contribution in [0.1, 0.15) is 42.6 Å². The van der Waals surface area contributed by atoms with Crippen molar-refractivity contribution in [1.29, 1.82) is 0 Å². The molecule has 25 heavy (non-hydrogen) atoms. The predicted octanol–water partition coefficient (Wildman–Crippen LogP) is 1.82. The quantitative estimate of drug-likeness (QED) is 0.850. The molecule has 1 fully saturated rings. The fourth-order valence-corrected chi connectivity index (χ4v) is 3.94. The molecular weight excluding hydrogens is 314 g/mol. The first kappa shape index (κ1) is 16.4. The van der Waals surface area contributed by atoms with E-state index >= 15 is 0 Å². The van der Waals surface area contributed by atoms with Gasteiger partial charge in [0.25, 0.3) is 5.56 Å². The number of fused-ring (bicyclic) bond motifs is 1. The van der Waals surface area contributed by atoms with Gasteiger partial charge in [0.2, 0.25) is 0 Å². The maximum atomic E-state index is 12.3. The number of aryl methyl sites for hydroxylation is 2. The van der Waals surface area contributed by atoms with Gasteiger partial charge < -0.3 is 0 Å². The van der Waals surface area contributed by atoms with Crippen LogP contribution in [-0.2, 0) is 25.9 Å². The van der Waals surface area contributed by atoms with Crippen molar-refractivity contribution in [3.8, 4) is 0 Å². The van der Waals surface area contributed by atoms with E-state index in [4.69, 9.17) is 0 Å². The molecule has 0 saturated carbocycles. The number of rotatable bonds is 4. The minimum Gasteiger partial charge on any atom is -0.297 e. The van der Waals surface area contributed by atoms with Crippen LogP contribution in [-0.4, -0.2) is 37.7 Å². The van der Waals surface area contributed by atoms with E-state index in [0.29, 0.717) is 5.92 Å². The van der Waals surface area contributed by atoms with Crippen LogP contribution in [0.25, 0.3) is 0 Å². The summed E-state index contributed by atoms with van der Waals surface area (Å²) in [6.45, 7) is 3.74. The Bertz CT molecular complexity index is 765. The molecule has 3 heterocycles. The molecule has 0 amide bonds. The molecule has 1 aliphatic carbocycles. The molecule has 0 unspecified atom stereocenters. The Labute approximate surface area is 147 Å². The number of piperidine rings is 1. The monoisotopic (exact) mass is 339 g/mol. The predicted molar refractivity (Wildman–Crippen MR) is 95.2 cm³/mol. The molecule has 6 nitrogen and oxygen atoms in total. The van der Waals surface area contributed by atoms with Crippen molar-refractivity contribution in [1.82, 2.24) is 24.6 Å². The van der Waals surface area contributed by atoms with Crippen LogP contribution in [0.15, 0.2) is 29.5 Å². The molecule has 0 bridgehead atoms. The standard InChI is InChI=1S/C19H25N5O/c25-19-11-16-3-1-2-4-18(16)22-24(19)12-15-6-9-23(10-7-15)13-17-5-8-20-14-21-17/h5,8,11,14-15H,1-4,6-7,9-10,12-13H2. The van der Waals surface area contributed by atoms with Crippen molar-refractivity contribution in [2.75, 3.05) is 13.1 Å². The molecular formula is C19H25N5O. The first-order chi connectivity index (χ1) is 12.3. The van der Waals surface area contributed by atoms with E-state index in [-0.39, 0.29) is 5.56 Å². The molecule has 1 saturated heterocycles. The first-order valence-electron chi connectivity index (χ1n) is 9.35. The highest BCUT2D eigenvalue weighted by atomic mass is 16.1. The van der Waals surface area contributed by atoms with Gasteiger partial charge in [-0.25, -0.2) is 14.6 Å². The summed E-state index contributed by atoms with van der Waals surface area (Å²) in [5.41, 5.74) is 3.46. The number of aromatic nitrogens is 4. The third kappa shape index (κ3) is 3.95. The third-order valence-corrected chi connectivity index (χ3v) is 5.44. The van der Waals surface area contributed by atoms with E-state index < -0.39 is 0 Å². The Balaban J connectivity index is 1.35. The van der Waals surface area contributed by atoms with Crippen molar-refractivity contribution >= 4 is 0 Å². The Morgan fingerprint density at radius 3 is 2.80 bits per heavy atom. The molecule has 2 aromatic heterocycles. The minimum atomic E-state index is 0.0732. The van der Waals surface area contributed by atoms with Gasteiger partial charge >= 0.3 is 0 Å². The second kappa shape index (κ2) is 7.44. The normalized spacial score (nSPS) is 18.9. The van der Waals surface area contributed by atoms with Crippen LogP contribution in [0.4, 0.5) is 0 Å². The van der Waals surface area contributed by atoms with Crippen molar-refractivity contribution in [3.05, 3.63) is 52.0 Å². The lowest BCUT2D eigenvalue weighted by Gasteiger charge is -2.31. The van der Waals surface area contributed by atoms with E-state index in [9.17, 15) is 4.79 Å². The van der Waals surface area contributed by atoms with Crippen LogP contribution >= 0.6 is 0 Å². The summed E-state index contributed by atoms with van der Waals surface area (Å²) >= 11 is 0. The van der Waals surface area contributed by atoms with Crippen LogP contribution in [0.5, 0.6) is 0 Å². The highest BCUT2D eigenvalue weighted by molar-refractivity contribution is 5.20. The Hall–Kier alpha value is -2.08. The lowest BCUT2D eigenvalue weighted by molar-refractivity contribution is 0.161. The molecule has 0 atom stereocenters. The number of nitrogens with zero attached hydrogens (tertiary/aromatic N) is 5. The van der Waals surface area contributed by atoms with Crippen LogP contribution in [0.2, 0.25) is 0 Å². The highest BCUT2D eigenvalue weighted by Gasteiger charge is 2.21. The van der Waals surface area contributed by atoms with Gasteiger partial charge in [0.15, 0.2) is 0 Å². The molecule has 0 radical (unpaired) electrons. The van der Waals surface area contributed by atoms with Crippen LogP contribution in [0, 0.1) is 5.92 Å². The molecule has 2 aromatic rings. The van der Waals surface area contributed by atoms with E-state index in [1.165, 1.54) is 18.4 Å². The second-order valence-electron chi connectivity index (χ2n) is 7.26. The molecule has 0 spiro atoms. The molecule has 2 aliphatic rings. The summed E-state index contributed by atoms with van der Waals surface area (Å²) in [6, 6.07) is 3.80. The summed E-state index contributed by atoms with van der Waals surface area (Å²) in [5.74, 6) is 0.536. The zero-order chi connectivity index (χ0) is 17.1. The van der Waals surface area contributed by atoms with E-state index in [0.717, 1.165) is 63.3 Å². The number of hydrogen-bond donors (Lipinski definition) is 0. The van der Waals surface area contributed by atoms with Crippen LogP contribution in [0.3, 0.4) is 0 Å². The van der Waals surface area contributed by atoms with Gasteiger partial charge in [0.05, 0.1) is 11.4 Å². The Morgan fingerprint density at radius 2 is 2.00 bits per heavy atom. The van der Waals surface area contributed by atoms with Gasteiger partial charge in [-0.3, -0.25) is 9.69 Å². The van der Waals surface area contributed by atoms with Crippen molar-refractivity contribution in [2.45, 2.75) is 51.6 Å². The zero-order valence-corrected chi connectivity index (χ0v) is 14.6. The smallest absolute Gasteiger partial charge is 0.267 e.